The van der Waals surface area contributed by atoms with Gasteiger partial charge in [0.25, 0.3) is 0 Å². The minimum Gasteiger partial charge on any atom is -0.351 e. The van der Waals surface area contributed by atoms with Crippen molar-refractivity contribution in [2.45, 2.75) is 37.6 Å². The van der Waals surface area contributed by atoms with Gasteiger partial charge in [-0.3, -0.25) is 0 Å². The van der Waals surface area contributed by atoms with Crippen LogP contribution in [-0.2, 0) is 0 Å². The van der Waals surface area contributed by atoms with Crippen LogP contribution in [0.4, 0.5) is 17.5 Å². The normalized spacial score (nSPS) is 17.4. The molecule has 2 aromatic rings. The number of halogens is 2. The molecule has 0 saturated heterocycles. The highest BCUT2D eigenvalue weighted by Crippen LogP contribution is 2.40. The van der Waals surface area contributed by atoms with Gasteiger partial charge in [0.15, 0.2) is 0 Å². The van der Waals surface area contributed by atoms with Gasteiger partial charge in [-0.25, -0.2) is 4.98 Å². The summed E-state index contributed by atoms with van der Waals surface area (Å²) in [5.74, 6) is 2.05. The first-order valence-corrected chi connectivity index (χ1v) is 8.30. The van der Waals surface area contributed by atoms with Crippen molar-refractivity contribution >= 4 is 40.7 Å². The molecule has 2 fully saturated rings. The van der Waals surface area contributed by atoms with Gasteiger partial charge in [-0.15, -0.1) is 0 Å². The maximum Gasteiger partial charge on any atom is 0.225 e. The number of nitrogens with zero attached hydrogens (tertiary/aromatic N) is 2. The molecule has 2 aliphatic rings. The highest BCUT2D eigenvalue weighted by molar-refractivity contribution is 6.36. The molecule has 0 spiro atoms. The summed E-state index contributed by atoms with van der Waals surface area (Å²) in [5, 5.41) is 7.85. The SMILES string of the molecule is Clc1ccc(Nc2cc(C3CC3)nc(NC3CC3)n2)c(Cl)c1. The van der Waals surface area contributed by atoms with E-state index in [9.17, 15) is 0 Å². The molecule has 0 atom stereocenters. The van der Waals surface area contributed by atoms with Crippen LogP contribution < -0.4 is 10.6 Å². The monoisotopic (exact) mass is 334 g/mol. The van der Waals surface area contributed by atoms with Crippen LogP contribution in [-0.4, -0.2) is 16.0 Å². The van der Waals surface area contributed by atoms with Crippen molar-refractivity contribution in [3.63, 3.8) is 0 Å². The van der Waals surface area contributed by atoms with E-state index in [0.717, 1.165) is 17.2 Å². The zero-order valence-electron chi connectivity index (χ0n) is 11.9. The zero-order valence-corrected chi connectivity index (χ0v) is 13.5. The Kier molecular flexibility index (Phi) is 3.59. The van der Waals surface area contributed by atoms with Crippen LogP contribution in [0.1, 0.15) is 37.3 Å². The first-order valence-electron chi connectivity index (χ1n) is 7.55. The van der Waals surface area contributed by atoms with Gasteiger partial charge in [0, 0.05) is 23.0 Å². The van der Waals surface area contributed by atoms with Gasteiger partial charge in [0.2, 0.25) is 5.95 Å². The van der Waals surface area contributed by atoms with Crippen molar-refractivity contribution < 1.29 is 0 Å². The number of aromatic nitrogens is 2. The molecule has 0 radical (unpaired) electrons. The molecule has 1 aromatic carbocycles. The summed E-state index contributed by atoms with van der Waals surface area (Å²) < 4.78 is 0. The standard InChI is InChI=1S/C16H16Cl2N4/c17-10-3-6-13(12(18)7-10)20-15-8-14(9-1-2-9)21-16(22-15)19-11-4-5-11/h3,6-9,11H,1-2,4-5H2,(H2,19,20,21,22). The molecule has 2 saturated carbocycles. The molecule has 2 N–H and O–H groups in total. The van der Waals surface area contributed by atoms with Gasteiger partial charge in [0.05, 0.1) is 16.4 Å². The third-order valence-electron chi connectivity index (χ3n) is 3.85. The first kappa shape index (κ1) is 14.1. The lowest BCUT2D eigenvalue weighted by Crippen LogP contribution is -2.08. The molecule has 4 nitrogen and oxygen atoms in total. The predicted molar refractivity (Wildman–Crippen MR) is 90.4 cm³/mol. The summed E-state index contributed by atoms with van der Waals surface area (Å²) in [6.07, 6.45) is 4.81. The fourth-order valence-corrected chi connectivity index (χ4v) is 2.78. The van der Waals surface area contributed by atoms with Crippen LogP contribution in [0, 0.1) is 0 Å². The zero-order chi connectivity index (χ0) is 15.1. The Morgan fingerprint density at radius 2 is 1.82 bits per heavy atom. The molecule has 0 aliphatic heterocycles. The number of benzene rings is 1. The summed E-state index contributed by atoms with van der Waals surface area (Å²) in [4.78, 5) is 9.20. The van der Waals surface area contributed by atoms with E-state index >= 15 is 0 Å². The van der Waals surface area contributed by atoms with Crippen molar-refractivity contribution in [2.24, 2.45) is 0 Å². The second-order valence-corrected chi connectivity index (χ2v) is 6.79. The Balaban J connectivity index is 1.62. The smallest absolute Gasteiger partial charge is 0.225 e. The van der Waals surface area contributed by atoms with E-state index in [1.54, 1.807) is 6.07 Å². The summed E-state index contributed by atoms with van der Waals surface area (Å²) in [5.41, 5.74) is 1.90. The molecule has 0 amide bonds. The summed E-state index contributed by atoms with van der Waals surface area (Å²) in [6, 6.07) is 7.93. The van der Waals surface area contributed by atoms with Crippen LogP contribution >= 0.6 is 23.2 Å². The van der Waals surface area contributed by atoms with Crippen molar-refractivity contribution in [1.82, 2.24) is 9.97 Å². The maximum atomic E-state index is 6.22. The Morgan fingerprint density at radius 3 is 2.50 bits per heavy atom. The van der Waals surface area contributed by atoms with E-state index in [2.05, 4.69) is 20.6 Å². The summed E-state index contributed by atoms with van der Waals surface area (Å²) >= 11 is 12.2. The van der Waals surface area contributed by atoms with E-state index in [1.165, 1.54) is 25.7 Å². The highest BCUT2D eigenvalue weighted by atomic mass is 35.5. The lowest BCUT2D eigenvalue weighted by molar-refractivity contribution is 0.968. The van der Waals surface area contributed by atoms with Crippen LogP contribution in [0.2, 0.25) is 10.0 Å². The molecule has 4 rings (SSSR count). The quantitative estimate of drug-likeness (QED) is 0.809. The Hall–Kier alpha value is -1.52. The molecule has 0 bridgehead atoms. The molecule has 22 heavy (non-hydrogen) atoms. The number of nitrogens with one attached hydrogen (secondary N) is 2. The van der Waals surface area contributed by atoms with E-state index in [1.807, 2.05) is 18.2 Å². The van der Waals surface area contributed by atoms with E-state index in [4.69, 9.17) is 23.2 Å². The van der Waals surface area contributed by atoms with Crippen molar-refractivity contribution in [3.05, 3.63) is 40.0 Å². The molecule has 1 aromatic heterocycles. The average molecular weight is 335 g/mol. The highest BCUT2D eigenvalue weighted by Gasteiger charge is 2.28. The lowest BCUT2D eigenvalue weighted by Gasteiger charge is -2.12. The Morgan fingerprint density at radius 1 is 1.00 bits per heavy atom. The Labute approximate surface area is 139 Å². The summed E-state index contributed by atoms with van der Waals surface area (Å²) in [7, 11) is 0. The summed E-state index contributed by atoms with van der Waals surface area (Å²) in [6.45, 7) is 0. The van der Waals surface area contributed by atoms with Crippen molar-refractivity contribution in [2.75, 3.05) is 10.6 Å². The van der Waals surface area contributed by atoms with Crippen LogP contribution in [0.15, 0.2) is 24.3 Å². The first-order chi connectivity index (χ1) is 10.7. The second-order valence-electron chi connectivity index (χ2n) is 5.94. The molecule has 2 aliphatic carbocycles. The Bertz CT molecular complexity index is 711. The van der Waals surface area contributed by atoms with Gasteiger partial charge in [0.1, 0.15) is 5.82 Å². The van der Waals surface area contributed by atoms with Crippen molar-refractivity contribution in [1.29, 1.82) is 0 Å². The maximum absolute atomic E-state index is 6.22. The fraction of sp³-hybridized carbons (Fsp3) is 0.375. The number of hydrogen-bond acceptors (Lipinski definition) is 4. The van der Waals surface area contributed by atoms with E-state index in [0.29, 0.717) is 28.0 Å². The van der Waals surface area contributed by atoms with Crippen molar-refractivity contribution in [3.8, 4) is 0 Å². The lowest BCUT2D eigenvalue weighted by atomic mass is 10.2. The molecular formula is C16H16Cl2N4. The number of rotatable bonds is 5. The van der Waals surface area contributed by atoms with Gasteiger partial charge in [-0.1, -0.05) is 23.2 Å². The van der Waals surface area contributed by atoms with Gasteiger partial charge in [-0.2, -0.15) is 4.98 Å². The molecule has 114 valence electrons. The molecule has 6 heteroatoms. The minimum atomic E-state index is 0.529. The van der Waals surface area contributed by atoms with Gasteiger partial charge >= 0.3 is 0 Å². The van der Waals surface area contributed by atoms with Crippen LogP contribution in [0.5, 0.6) is 0 Å². The third-order valence-corrected chi connectivity index (χ3v) is 4.39. The average Bonchev–Trinajstić information content (AvgIpc) is 3.35. The van der Waals surface area contributed by atoms with E-state index in [-0.39, 0.29) is 0 Å². The molecule has 1 heterocycles. The van der Waals surface area contributed by atoms with Crippen LogP contribution in [0.25, 0.3) is 0 Å². The van der Waals surface area contributed by atoms with Gasteiger partial charge in [-0.05, 0) is 43.9 Å². The fourth-order valence-electron chi connectivity index (χ4n) is 2.32. The van der Waals surface area contributed by atoms with Crippen LogP contribution in [0.3, 0.4) is 0 Å². The number of hydrogen-bond donors (Lipinski definition) is 2. The topological polar surface area (TPSA) is 49.8 Å². The minimum absolute atomic E-state index is 0.529. The van der Waals surface area contributed by atoms with Gasteiger partial charge < -0.3 is 10.6 Å². The number of anilines is 3. The largest absolute Gasteiger partial charge is 0.351 e. The third kappa shape index (κ3) is 3.28. The van der Waals surface area contributed by atoms with E-state index < -0.39 is 0 Å². The molecule has 0 unspecified atom stereocenters. The second kappa shape index (κ2) is 5.60. The molecular weight excluding hydrogens is 319 g/mol. The predicted octanol–water partition coefficient (Wildman–Crippen LogP) is 4.98.